The summed E-state index contributed by atoms with van der Waals surface area (Å²) >= 11 is 0. The van der Waals surface area contributed by atoms with Crippen molar-refractivity contribution in [3.05, 3.63) is 0 Å². The second-order valence-electron chi connectivity index (χ2n) is 3.46. The smallest absolute Gasteiger partial charge is 0.306 e. The summed E-state index contributed by atoms with van der Waals surface area (Å²) < 4.78 is 0. The first kappa shape index (κ1) is 12.4. The molecule has 0 rings (SSSR count). The minimum absolute atomic E-state index is 0.0169. The highest BCUT2D eigenvalue weighted by Gasteiger charge is 2.27. The van der Waals surface area contributed by atoms with Crippen molar-refractivity contribution >= 4 is 5.97 Å². The van der Waals surface area contributed by atoms with Crippen LogP contribution < -0.4 is 5.73 Å². The van der Waals surface area contributed by atoms with Gasteiger partial charge in [0.1, 0.15) is 0 Å². The number of rotatable bonds is 7. The third-order valence-corrected chi connectivity index (χ3v) is 2.11. The zero-order valence-electron chi connectivity index (χ0n) is 8.12. The second kappa shape index (κ2) is 5.94. The van der Waals surface area contributed by atoms with Crippen LogP contribution in [0.2, 0.25) is 0 Å². The van der Waals surface area contributed by atoms with Crippen LogP contribution in [0.3, 0.4) is 0 Å². The number of aliphatic hydroxyl groups is 1. The molecule has 0 heterocycles. The summed E-state index contributed by atoms with van der Waals surface area (Å²) in [5.74, 6) is -0.996. The van der Waals surface area contributed by atoms with Gasteiger partial charge in [0.2, 0.25) is 0 Å². The Kier molecular flexibility index (Phi) is 5.66. The van der Waals surface area contributed by atoms with Crippen LogP contribution in [-0.2, 0) is 4.79 Å². The van der Waals surface area contributed by atoms with Gasteiger partial charge >= 0.3 is 5.97 Å². The Morgan fingerprint density at radius 2 is 2.08 bits per heavy atom. The lowest BCUT2D eigenvalue weighted by molar-refractivity contribution is -0.142. The molecule has 0 aliphatic rings. The van der Waals surface area contributed by atoms with Crippen molar-refractivity contribution < 1.29 is 15.0 Å². The summed E-state index contributed by atoms with van der Waals surface area (Å²) in [6.45, 7) is 2.07. The summed E-state index contributed by atoms with van der Waals surface area (Å²) in [5.41, 5.74) is 4.12. The van der Waals surface area contributed by atoms with E-state index in [2.05, 4.69) is 6.92 Å². The number of aliphatic carboxylic acids is 1. The highest BCUT2D eigenvalue weighted by atomic mass is 16.4. The lowest BCUT2D eigenvalue weighted by Crippen LogP contribution is -2.39. The molecule has 4 heteroatoms. The summed E-state index contributed by atoms with van der Waals surface area (Å²) in [5, 5.41) is 18.2. The van der Waals surface area contributed by atoms with Crippen molar-refractivity contribution in [2.24, 2.45) is 5.73 Å². The number of hydrogen-bond donors (Lipinski definition) is 3. The Morgan fingerprint density at radius 1 is 1.46 bits per heavy atom. The third kappa shape index (κ3) is 5.60. The lowest BCUT2D eigenvalue weighted by Gasteiger charge is -2.24. The summed E-state index contributed by atoms with van der Waals surface area (Å²) in [6.07, 6.45) is 3.10. The van der Waals surface area contributed by atoms with E-state index in [0.29, 0.717) is 6.42 Å². The van der Waals surface area contributed by atoms with Gasteiger partial charge in [-0.25, -0.2) is 0 Å². The number of hydrogen-bond acceptors (Lipinski definition) is 3. The maximum Gasteiger partial charge on any atom is 0.306 e. The van der Waals surface area contributed by atoms with E-state index >= 15 is 0 Å². The topological polar surface area (TPSA) is 83.5 Å². The molecule has 4 N–H and O–H groups in total. The molecule has 0 aromatic carbocycles. The SMILES string of the molecule is CCCCCC(O)(CN)CC(=O)O. The summed E-state index contributed by atoms with van der Waals surface area (Å²) in [6, 6.07) is 0. The normalized spacial score (nSPS) is 15.3. The van der Waals surface area contributed by atoms with Gasteiger partial charge in [-0.05, 0) is 6.42 Å². The predicted octanol–water partition coefficient (Wildman–Crippen LogP) is 0.731. The zero-order valence-corrected chi connectivity index (χ0v) is 8.12. The minimum Gasteiger partial charge on any atom is -0.481 e. The molecule has 0 aromatic rings. The van der Waals surface area contributed by atoms with E-state index in [0.717, 1.165) is 19.3 Å². The van der Waals surface area contributed by atoms with Gasteiger partial charge in [-0.2, -0.15) is 0 Å². The maximum atomic E-state index is 10.4. The van der Waals surface area contributed by atoms with Crippen LogP contribution >= 0.6 is 0 Å². The fraction of sp³-hybridized carbons (Fsp3) is 0.889. The summed E-state index contributed by atoms with van der Waals surface area (Å²) in [4.78, 5) is 10.4. The molecule has 0 fully saturated rings. The van der Waals surface area contributed by atoms with Crippen LogP contribution in [0.15, 0.2) is 0 Å². The van der Waals surface area contributed by atoms with Crippen LogP contribution in [0.4, 0.5) is 0 Å². The molecule has 0 radical (unpaired) electrons. The van der Waals surface area contributed by atoms with Gasteiger partial charge in [0, 0.05) is 6.54 Å². The summed E-state index contributed by atoms with van der Waals surface area (Å²) in [7, 11) is 0. The van der Waals surface area contributed by atoms with Crippen LogP contribution in [0, 0.1) is 0 Å². The van der Waals surface area contributed by atoms with Crippen molar-refractivity contribution in [2.75, 3.05) is 6.54 Å². The predicted molar refractivity (Wildman–Crippen MR) is 50.4 cm³/mol. The Bertz CT molecular complexity index is 161. The molecule has 13 heavy (non-hydrogen) atoms. The molecule has 1 atom stereocenters. The van der Waals surface area contributed by atoms with Crippen molar-refractivity contribution in [3.63, 3.8) is 0 Å². The van der Waals surface area contributed by atoms with E-state index < -0.39 is 11.6 Å². The van der Waals surface area contributed by atoms with Gasteiger partial charge in [-0.15, -0.1) is 0 Å². The average Bonchev–Trinajstić information content (AvgIpc) is 2.04. The fourth-order valence-corrected chi connectivity index (χ4v) is 1.25. The molecular weight excluding hydrogens is 170 g/mol. The van der Waals surface area contributed by atoms with E-state index in [1.54, 1.807) is 0 Å². The van der Waals surface area contributed by atoms with E-state index in [1.165, 1.54) is 0 Å². The Labute approximate surface area is 78.7 Å². The Hall–Kier alpha value is -0.610. The standard InChI is InChI=1S/C9H19NO3/c1-2-3-4-5-9(13,7-10)6-8(11)12/h13H,2-7,10H2,1H3,(H,11,12). The van der Waals surface area contributed by atoms with E-state index in [4.69, 9.17) is 10.8 Å². The van der Waals surface area contributed by atoms with Crippen molar-refractivity contribution in [1.29, 1.82) is 0 Å². The van der Waals surface area contributed by atoms with E-state index in [9.17, 15) is 9.90 Å². The number of unbranched alkanes of at least 4 members (excludes halogenated alkanes) is 2. The molecular formula is C9H19NO3. The highest BCUT2D eigenvalue weighted by molar-refractivity contribution is 5.68. The molecule has 0 amide bonds. The molecule has 0 saturated carbocycles. The van der Waals surface area contributed by atoms with Crippen molar-refractivity contribution in [1.82, 2.24) is 0 Å². The van der Waals surface area contributed by atoms with Crippen LogP contribution in [-0.4, -0.2) is 28.3 Å². The molecule has 78 valence electrons. The second-order valence-corrected chi connectivity index (χ2v) is 3.46. The first-order valence-corrected chi connectivity index (χ1v) is 4.68. The maximum absolute atomic E-state index is 10.4. The Balaban J connectivity index is 3.88. The third-order valence-electron chi connectivity index (χ3n) is 2.11. The molecule has 0 spiro atoms. The van der Waals surface area contributed by atoms with E-state index in [1.807, 2.05) is 0 Å². The largest absolute Gasteiger partial charge is 0.481 e. The van der Waals surface area contributed by atoms with Gasteiger partial charge in [0.25, 0.3) is 0 Å². The number of nitrogens with two attached hydrogens (primary N) is 1. The first-order chi connectivity index (χ1) is 6.04. The minimum atomic E-state index is -1.21. The van der Waals surface area contributed by atoms with Crippen LogP contribution in [0.25, 0.3) is 0 Å². The lowest BCUT2D eigenvalue weighted by atomic mass is 9.93. The number of carbonyl (C=O) groups is 1. The fourth-order valence-electron chi connectivity index (χ4n) is 1.25. The van der Waals surface area contributed by atoms with Gasteiger partial charge in [-0.1, -0.05) is 26.2 Å². The van der Waals surface area contributed by atoms with Crippen LogP contribution in [0.1, 0.15) is 39.0 Å². The molecule has 0 aliphatic carbocycles. The molecule has 4 nitrogen and oxygen atoms in total. The number of carboxylic acid groups (broad SMARTS) is 1. The molecule has 0 aromatic heterocycles. The van der Waals surface area contributed by atoms with Crippen molar-refractivity contribution in [3.8, 4) is 0 Å². The Morgan fingerprint density at radius 3 is 2.46 bits per heavy atom. The highest BCUT2D eigenvalue weighted by Crippen LogP contribution is 2.17. The van der Waals surface area contributed by atoms with Gasteiger partial charge < -0.3 is 15.9 Å². The zero-order chi connectivity index (χ0) is 10.3. The van der Waals surface area contributed by atoms with Gasteiger partial charge in [0.05, 0.1) is 12.0 Å². The number of carboxylic acids is 1. The van der Waals surface area contributed by atoms with Crippen molar-refractivity contribution in [2.45, 2.75) is 44.6 Å². The van der Waals surface area contributed by atoms with Gasteiger partial charge in [0.15, 0.2) is 0 Å². The first-order valence-electron chi connectivity index (χ1n) is 4.68. The van der Waals surface area contributed by atoms with Crippen LogP contribution in [0.5, 0.6) is 0 Å². The molecule has 0 bridgehead atoms. The van der Waals surface area contributed by atoms with E-state index in [-0.39, 0.29) is 13.0 Å². The monoisotopic (exact) mass is 189 g/mol. The van der Waals surface area contributed by atoms with Gasteiger partial charge in [-0.3, -0.25) is 4.79 Å². The molecule has 0 aliphatic heterocycles. The quantitative estimate of drug-likeness (QED) is 0.515. The average molecular weight is 189 g/mol. The molecule has 1 unspecified atom stereocenters. The molecule has 0 saturated heterocycles.